The number of aromatic hydroxyl groups is 3. The molecule has 0 spiro atoms. The third-order valence-corrected chi connectivity index (χ3v) is 9.12. The largest absolute Gasteiger partial charge is 0.508 e. The van der Waals surface area contributed by atoms with Crippen LogP contribution < -0.4 is 18.9 Å². The Morgan fingerprint density at radius 3 is 2.12 bits per heavy atom. The number of carbonyl (C=O) groups is 2. The Bertz CT molecular complexity index is 2110. The highest BCUT2D eigenvalue weighted by molar-refractivity contribution is 5.89. The summed E-state index contributed by atoms with van der Waals surface area (Å²) in [5, 5.41) is 84.3. The van der Waals surface area contributed by atoms with Crippen LogP contribution in [-0.4, -0.2) is 136 Å². The van der Waals surface area contributed by atoms with E-state index in [0.29, 0.717) is 5.56 Å². The average Bonchev–Trinajstić information content (AvgIpc) is 3.20. The maximum atomic E-state index is 12.5. The van der Waals surface area contributed by atoms with E-state index >= 15 is 0 Å². The van der Waals surface area contributed by atoms with E-state index < -0.39 is 80.5 Å². The van der Waals surface area contributed by atoms with E-state index in [0.717, 1.165) is 19.1 Å². The highest BCUT2D eigenvalue weighted by Gasteiger charge is 2.47. The molecule has 4 aromatic rings. The molecule has 0 amide bonds. The molecular formula is C39H41O19+. The van der Waals surface area contributed by atoms with Gasteiger partial charge in [0.05, 0.1) is 32.5 Å². The average molecular weight is 814 g/mol. The number of esters is 2. The summed E-state index contributed by atoms with van der Waals surface area (Å²) in [5.41, 5.74) is 0.662. The first-order valence-corrected chi connectivity index (χ1v) is 17.6. The normalized spacial score (nSPS) is 25.9. The van der Waals surface area contributed by atoms with Crippen molar-refractivity contribution in [3.8, 4) is 51.6 Å². The molecule has 0 radical (unpaired) electrons. The highest BCUT2D eigenvalue weighted by Crippen LogP contribution is 2.46. The Labute approximate surface area is 328 Å². The van der Waals surface area contributed by atoms with Crippen molar-refractivity contribution in [3.05, 3.63) is 66.2 Å². The summed E-state index contributed by atoms with van der Waals surface area (Å²) in [4.78, 5) is 24.4. The fraction of sp³-hybridized carbons (Fsp3) is 0.359. The topological polar surface area (TPSA) is 281 Å². The van der Waals surface area contributed by atoms with Gasteiger partial charge in [0.15, 0.2) is 17.6 Å². The minimum absolute atomic E-state index is 0.0338. The standard InChI is InChI=1S/C39H40O19/c1-17(40)54-37-31(45)23(43)15-53-39(37)56-25-13-21(42)12-24-22(25)14-28(36(55-24)19-10-26(50-2)32(46)27(11-19)51-3)57-38-35(49)34(48)33(47)29(58-38)16-52-30(44)9-6-18-4-7-20(41)8-5-18/h4-14,23,29,31,33-35,37-39,43,45,47-49H,15-16H2,1-3H3,(H2-,41,42,44,46)/p+1. The van der Waals surface area contributed by atoms with Gasteiger partial charge in [0.1, 0.15) is 65.9 Å². The summed E-state index contributed by atoms with van der Waals surface area (Å²) >= 11 is 0. The zero-order valence-electron chi connectivity index (χ0n) is 31.0. The molecule has 1 aromatic heterocycles. The lowest BCUT2D eigenvalue weighted by Gasteiger charge is -2.39. The summed E-state index contributed by atoms with van der Waals surface area (Å²) in [6.45, 7) is 0.0619. The van der Waals surface area contributed by atoms with Crippen molar-refractivity contribution in [2.75, 3.05) is 27.4 Å². The lowest BCUT2D eigenvalue weighted by Crippen LogP contribution is -2.60. The first-order valence-electron chi connectivity index (χ1n) is 17.6. The highest BCUT2D eigenvalue weighted by atomic mass is 16.7. The zero-order chi connectivity index (χ0) is 41.8. The van der Waals surface area contributed by atoms with Crippen LogP contribution in [0.3, 0.4) is 0 Å². The van der Waals surface area contributed by atoms with Crippen LogP contribution in [0.2, 0.25) is 0 Å². The van der Waals surface area contributed by atoms with Crippen molar-refractivity contribution in [1.82, 2.24) is 0 Å². The molecule has 310 valence electrons. The number of benzene rings is 3. The van der Waals surface area contributed by atoms with Crippen molar-refractivity contribution < 1.29 is 92.8 Å². The Kier molecular flexibility index (Phi) is 12.7. The first kappa shape index (κ1) is 41.7. The molecule has 0 bridgehead atoms. The molecule has 0 aliphatic carbocycles. The molecule has 19 heteroatoms. The van der Waals surface area contributed by atoms with E-state index in [2.05, 4.69) is 0 Å². The van der Waals surface area contributed by atoms with Gasteiger partial charge in [0.25, 0.3) is 0 Å². The minimum Gasteiger partial charge on any atom is -0.508 e. The summed E-state index contributed by atoms with van der Waals surface area (Å²) in [6, 6.07) is 12.3. The van der Waals surface area contributed by atoms with Gasteiger partial charge in [-0.25, -0.2) is 9.21 Å². The molecule has 19 nitrogen and oxygen atoms in total. The second kappa shape index (κ2) is 17.7. The second-order valence-electron chi connectivity index (χ2n) is 13.2. The lowest BCUT2D eigenvalue weighted by atomic mass is 9.99. The van der Waals surface area contributed by atoms with Crippen LogP contribution in [-0.2, 0) is 28.5 Å². The first-order chi connectivity index (χ1) is 27.7. The van der Waals surface area contributed by atoms with Crippen molar-refractivity contribution in [2.45, 2.75) is 62.2 Å². The maximum Gasteiger partial charge on any atom is 0.402 e. The van der Waals surface area contributed by atoms with Crippen molar-refractivity contribution in [3.63, 3.8) is 0 Å². The maximum absolute atomic E-state index is 12.5. The monoisotopic (exact) mass is 813 g/mol. The van der Waals surface area contributed by atoms with Crippen LogP contribution in [0.1, 0.15) is 12.5 Å². The van der Waals surface area contributed by atoms with Crippen molar-refractivity contribution in [2.24, 2.45) is 0 Å². The van der Waals surface area contributed by atoms with Crippen LogP contribution in [0.25, 0.3) is 28.4 Å². The number of methoxy groups -OCH3 is 2. The lowest BCUT2D eigenvalue weighted by molar-refractivity contribution is -0.278. The van der Waals surface area contributed by atoms with Crippen LogP contribution >= 0.6 is 0 Å². The number of aliphatic hydroxyl groups is 5. The van der Waals surface area contributed by atoms with Gasteiger partial charge >= 0.3 is 23.3 Å². The zero-order valence-corrected chi connectivity index (χ0v) is 31.0. The second-order valence-corrected chi connectivity index (χ2v) is 13.2. The van der Waals surface area contributed by atoms with Crippen molar-refractivity contribution in [1.29, 1.82) is 0 Å². The molecule has 2 aliphatic heterocycles. The van der Waals surface area contributed by atoms with E-state index in [9.17, 15) is 50.4 Å². The number of phenolic OH excluding ortho intramolecular Hbond substituents is 3. The minimum atomic E-state index is -1.91. The summed E-state index contributed by atoms with van der Waals surface area (Å²) in [5.74, 6) is -3.05. The van der Waals surface area contributed by atoms with Crippen LogP contribution in [0.15, 0.2) is 65.1 Å². The van der Waals surface area contributed by atoms with E-state index in [1.165, 1.54) is 56.7 Å². The predicted molar refractivity (Wildman–Crippen MR) is 196 cm³/mol. The van der Waals surface area contributed by atoms with E-state index in [-0.39, 0.29) is 62.5 Å². The fourth-order valence-electron chi connectivity index (χ4n) is 6.13. The Balaban J connectivity index is 1.37. The molecule has 2 aliphatic rings. The van der Waals surface area contributed by atoms with Gasteiger partial charge in [-0.2, -0.15) is 0 Å². The van der Waals surface area contributed by atoms with Gasteiger partial charge in [0, 0.05) is 37.3 Å². The van der Waals surface area contributed by atoms with E-state index in [1.807, 2.05) is 0 Å². The molecule has 2 saturated heterocycles. The van der Waals surface area contributed by atoms with E-state index in [4.69, 9.17) is 42.3 Å². The number of phenols is 3. The SMILES string of the molecule is COc1cc(-c2[o+]c3cc(O)cc(OC4OCC(O)C(O)C4OC(C)=O)c3cc2OC2OC(COC(=O)C=Cc3ccc(O)cc3)C(O)C(O)C2O)cc(OC)c1O. The van der Waals surface area contributed by atoms with Gasteiger partial charge in [-0.05, 0) is 23.8 Å². The van der Waals surface area contributed by atoms with Gasteiger partial charge in [-0.1, -0.05) is 12.1 Å². The van der Waals surface area contributed by atoms with Crippen LogP contribution in [0, 0.1) is 0 Å². The van der Waals surface area contributed by atoms with Crippen LogP contribution in [0.5, 0.6) is 40.2 Å². The third-order valence-electron chi connectivity index (χ3n) is 9.12. The number of fused-ring (bicyclic) bond motifs is 1. The smallest absolute Gasteiger partial charge is 0.402 e. The molecule has 2 fully saturated rings. The molecule has 58 heavy (non-hydrogen) atoms. The number of rotatable bonds is 12. The van der Waals surface area contributed by atoms with Gasteiger partial charge in [-0.3, -0.25) is 4.79 Å². The third kappa shape index (κ3) is 9.11. The van der Waals surface area contributed by atoms with Gasteiger partial charge < -0.3 is 78.7 Å². The van der Waals surface area contributed by atoms with Gasteiger partial charge in [0.2, 0.25) is 24.1 Å². The summed E-state index contributed by atoms with van der Waals surface area (Å²) in [7, 11) is 2.58. The van der Waals surface area contributed by atoms with Crippen molar-refractivity contribution >= 4 is 29.0 Å². The molecule has 9 atom stereocenters. The number of aliphatic hydroxyl groups excluding tert-OH is 5. The number of ether oxygens (including phenoxy) is 8. The van der Waals surface area contributed by atoms with E-state index in [1.54, 1.807) is 12.1 Å². The number of hydrogen-bond donors (Lipinski definition) is 8. The Morgan fingerprint density at radius 1 is 0.793 bits per heavy atom. The number of hydrogen-bond acceptors (Lipinski definition) is 18. The Morgan fingerprint density at radius 2 is 1.47 bits per heavy atom. The van der Waals surface area contributed by atoms with Crippen LogP contribution in [0.4, 0.5) is 0 Å². The summed E-state index contributed by atoms with van der Waals surface area (Å²) < 4.78 is 50.8. The molecule has 8 N–H and O–H groups in total. The fourth-order valence-corrected chi connectivity index (χ4v) is 6.13. The molecular weight excluding hydrogens is 772 g/mol. The molecule has 0 saturated carbocycles. The quantitative estimate of drug-likeness (QED) is 0.0569. The summed E-state index contributed by atoms with van der Waals surface area (Å²) in [6.07, 6.45) is -12.3. The molecule has 3 aromatic carbocycles. The van der Waals surface area contributed by atoms with Gasteiger partial charge in [-0.15, -0.1) is 0 Å². The predicted octanol–water partition coefficient (Wildman–Crippen LogP) is 1.35. The molecule has 3 heterocycles. The number of carbonyl (C=O) groups excluding carboxylic acids is 2. The molecule has 6 rings (SSSR count). The Hall–Kier alpha value is -5.93. The molecule has 9 unspecified atom stereocenters.